The van der Waals surface area contributed by atoms with Crippen molar-refractivity contribution in [3.63, 3.8) is 0 Å². The zero-order chi connectivity index (χ0) is 20.9. The second-order valence-electron chi connectivity index (χ2n) is 8.04. The van der Waals surface area contributed by atoms with E-state index >= 15 is 0 Å². The van der Waals surface area contributed by atoms with Gasteiger partial charge >= 0.3 is 6.09 Å². The normalized spacial score (nSPS) is 19.2. The molecule has 0 aromatic heterocycles. The first-order chi connectivity index (χ1) is 13.8. The van der Waals surface area contributed by atoms with E-state index in [9.17, 15) is 4.79 Å². The smallest absolute Gasteiger partial charge is 0.411 e. The third-order valence-electron chi connectivity index (χ3n) is 4.46. The maximum atomic E-state index is 12.9. The molecular formula is C23H28N2O4. The monoisotopic (exact) mass is 396 g/mol. The molecule has 0 N–H and O–H groups in total. The summed E-state index contributed by atoms with van der Waals surface area (Å²) in [6.07, 6.45) is 0.878. The van der Waals surface area contributed by atoms with Crippen molar-refractivity contribution < 1.29 is 19.1 Å². The van der Waals surface area contributed by atoms with Crippen molar-refractivity contribution in [1.29, 1.82) is 0 Å². The van der Waals surface area contributed by atoms with Crippen molar-refractivity contribution in [1.82, 2.24) is 4.90 Å². The molecule has 2 aromatic rings. The second kappa shape index (κ2) is 8.99. The number of oxime groups is 1. The van der Waals surface area contributed by atoms with Crippen molar-refractivity contribution in [2.75, 3.05) is 0 Å². The Labute approximate surface area is 172 Å². The lowest BCUT2D eigenvalue weighted by molar-refractivity contribution is 0.0123. The number of amides is 1. The lowest BCUT2D eigenvalue weighted by Gasteiger charge is -2.32. The van der Waals surface area contributed by atoms with Crippen LogP contribution in [0.25, 0.3) is 0 Å². The molecule has 6 heteroatoms. The van der Waals surface area contributed by atoms with Gasteiger partial charge in [-0.2, -0.15) is 0 Å². The van der Waals surface area contributed by atoms with Crippen molar-refractivity contribution >= 4 is 12.3 Å². The molecule has 2 aromatic carbocycles. The van der Waals surface area contributed by atoms with Crippen LogP contribution in [0.15, 0.2) is 59.8 Å². The van der Waals surface area contributed by atoms with E-state index in [4.69, 9.17) is 14.3 Å². The van der Waals surface area contributed by atoms with Gasteiger partial charge in [0.15, 0.2) is 0 Å². The molecule has 0 bridgehead atoms. The lowest BCUT2D eigenvalue weighted by Crippen LogP contribution is -2.48. The summed E-state index contributed by atoms with van der Waals surface area (Å²) in [6, 6.07) is 17.1. The first-order valence-corrected chi connectivity index (χ1v) is 9.77. The Morgan fingerprint density at radius 2 is 1.86 bits per heavy atom. The molecule has 0 fully saturated rings. The van der Waals surface area contributed by atoms with Crippen LogP contribution in [0, 0.1) is 0 Å². The molecule has 0 saturated carbocycles. The maximum Gasteiger partial charge on any atom is 0.411 e. The third-order valence-corrected chi connectivity index (χ3v) is 4.46. The number of rotatable bonds is 4. The molecule has 2 atom stereocenters. The molecule has 1 heterocycles. The standard InChI is InChI=1S/C23H28N2O4/c1-17-20(14-24-27-16-18-10-6-5-7-11-18)25(22(26)29-23(2,3)4)15-19-12-8-9-13-21(19)28-17/h5-14,17,20H,15-16H2,1-4H3/b24-14+/t17-,20?/m0/s1. The Bertz CT molecular complexity index is 845. The predicted octanol–water partition coefficient (Wildman–Crippen LogP) is 4.78. The van der Waals surface area contributed by atoms with Crippen molar-refractivity contribution in [3.05, 3.63) is 65.7 Å². The van der Waals surface area contributed by atoms with E-state index in [2.05, 4.69) is 5.16 Å². The highest BCUT2D eigenvalue weighted by atomic mass is 16.6. The van der Waals surface area contributed by atoms with E-state index in [0.29, 0.717) is 13.2 Å². The Kier molecular flexibility index (Phi) is 6.42. The van der Waals surface area contributed by atoms with Gasteiger partial charge in [-0.05, 0) is 39.3 Å². The van der Waals surface area contributed by atoms with Crippen LogP contribution in [0.3, 0.4) is 0 Å². The van der Waals surface area contributed by atoms with Gasteiger partial charge in [-0.15, -0.1) is 0 Å². The van der Waals surface area contributed by atoms with Crippen LogP contribution in [0.4, 0.5) is 4.79 Å². The second-order valence-corrected chi connectivity index (χ2v) is 8.04. The SMILES string of the molecule is C[C@@H]1Oc2ccccc2CN(C(=O)OC(C)(C)C)C1/C=N/OCc1ccccc1. The molecule has 1 unspecified atom stereocenters. The summed E-state index contributed by atoms with van der Waals surface area (Å²) in [6.45, 7) is 8.18. The van der Waals surface area contributed by atoms with Gasteiger partial charge in [0.1, 0.15) is 30.1 Å². The van der Waals surface area contributed by atoms with Crippen LogP contribution < -0.4 is 4.74 Å². The average molecular weight is 396 g/mol. The number of nitrogens with zero attached hydrogens (tertiary/aromatic N) is 2. The average Bonchev–Trinajstić information content (AvgIpc) is 2.81. The van der Waals surface area contributed by atoms with E-state index in [-0.39, 0.29) is 6.10 Å². The quantitative estimate of drug-likeness (QED) is 0.551. The number of carbonyl (C=O) groups is 1. The van der Waals surface area contributed by atoms with Gasteiger partial charge < -0.3 is 14.3 Å². The summed E-state index contributed by atoms with van der Waals surface area (Å²) in [4.78, 5) is 20.0. The minimum Gasteiger partial charge on any atom is -0.488 e. The Balaban J connectivity index is 1.78. The van der Waals surface area contributed by atoms with E-state index < -0.39 is 17.7 Å². The van der Waals surface area contributed by atoms with Crippen LogP contribution >= 0.6 is 0 Å². The van der Waals surface area contributed by atoms with Gasteiger partial charge in [0.05, 0.1) is 12.8 Å². The first-order valence-electron chi connectivity index (χ1n) is 9.77. The highest BCUT2D eigenvalue weighted by Gasteiger charge is 2.35. The Morgan fingerprint density at radius 3 is 2.59 bits per heavy atom. The van der Waals surface area contributed by atoms with Crippen molar-refractivity contribution in [2.45, 2.75) is 58.6 Å². The lowest BCUT2D eigenvalue weighted by atomic mass is 10.1. The summed E-state index contributed by atoms with van der Waals surface area (Å²) >= 11 is 0. The van der Waals surface area contributed by atoms with Crippen LogP contribution in [0.5, 0.6) is 5.75 Å². The van der Waals surface area contributed by atoms with Crippen LogP contribution in [0.2, 0.25) is 0 Å². The largest absolute Gasteiger partial charge is 0.488 e. The molecule has 0 saturated heterocycles. The first kappa shape index (κ1) is 20.7. The van der Waals surface area contributed by atoms with Crippen LogP contribution in [-0.4, -0.2) is 35.0 Å². The van der Waals surface area contributed by atoms with Crippen LogP contribution in [-0.2, 0) is 22.7 Å². The number of benzene rings is 2. The fourth-order valence-electron chi connectivity index (χ4n) is 3.06. The van der Waals surface area contributed by atoms with Gasteiger partial charge in [0.25, 0.3) is 0 Å². The Hall–Kier alpha value is -3.02. The fraction of sp³-hybridized carbons (Fsp3) is 0.391. The maximum absolute atomic E-state index is 12.9. The summed E-state index contributed by atoms with van der Waals surface area (Å²) in [5.41, 5.74) is 1.34. The number of hydrogen-bond acceptors (Lipinski definition) is 5. The number of hydrogen-bond donors (Lipinski definition) is 0. The summed E-state index contributed by atoms with van der Waals surface area (Å²) in [7, 11) is 0. The van der Waals surface area contributed by atoms with Crippen molar-refractivity contribution in [2.24, 2.45) is 5.16 Å². The minimum atomic E-state index is -0.599. The molecule has 0 aliphatic carbocycles. The number of carbonyl (C=O) groups excluding carboxylic acids is 1. The fourth-order valence-corrected chi connectivity index (χ4v) is 3.06. The number of ether oxygens (including phenoxy) is 2. The van der Waals surface area contributed by atoms with Gasteiger partial charge in [-0.1, -0.05) is 53.7 Å². The third kappa shape index (κ3) is 5.73. The van der Waals surface area contributed by atoms with E-state index in [1.54, 1.807) is 11.1 Å². The molecule has 1 aliphatic rings. The molecule has 3 rings (SSSR count). The zero-order valence-corrected chi connectivity index (χ0v) is 17.4. The van der Waals surface area contributed by atoms with E-state index in [1.807, 2.05) is 82.3 Å². The minimum absolute atomic E-state index is 0.324. The predicted molar refractivity (Wildman–Crippen MR) is 112 cm³/mol. The zero-order valence-electron chi connectivity index (χ0n) is 17.4. The Morgan fingerprint density at radius 1 is 1.17 bits per heavy atom. The number of para-hydroxylation sites is 1. The molecule has 1 amide bonds. The molecule has 0 radical (unpaired) electrons. The molecule has 29 heavy (non-hydrogen) atoms. The van der Waals surface area contributed by atoms with Gasteiger partial charge in [0, 0.05) is 5.56 Å². The molecule has 1 aliphatic heterocycles. The summed E-state index contributed by atoms with van der Waals surface area (Å²) < 4.78 is 11.7. The number of fused-ring (bicyclic) bond motifs is 1. The van der Waals surface area contributed by atoms with E-state index in [0.717, 1.165) is 16.9 Å². The highest BCUT2D eigenvalue weighted by Crippen LogP contribution is 2.28. The van der Waals surface area contributed by atoms with Gasteiger partial charge in [-0.25, -0.2) is 4.79 Å². The summed E-state index contributed by atoms with van der Waals surface area (Å²) in [5, 5.41) is 4.12. The van der Waals surface area contributed by atoms with Gasteiger partial charge in [0.2, 0.25) is 0 Å². The van der Waals surface area contributed by atoms with E-state index in [1.165, 1.54) is 0 Å². The topological polar surface area (TPSA) is 60.4 Å². The molecule has 0 spiro atoms. The summed E-state index contributed by atoms with van der Waals surface area (Å²) in [5.74, 6) is 0.759. The highest BCUT2D eigenvalue weighted by molar-refractivity contribution is 5.76. The molecule has 154 valence electrons. The van der Waals surface area contributed by atoms with Crippen LogP contribution in [0.1, 0.15) is 38.8 Å². The van der Waals surface area contributed by atoms with Crippen molar-refractivity contribution in [3.8, 4) is 5.75 Å². The molecule has 6 nitrogen and oxygen atoms in total. The van der Waals surface area contributed by atoms with Gasteiger partial charge in [-0.3, -0.25) is 4.90 Å². The molecular weight excluding hydrogens is 368 g/mol.